The zero-order valence-corrected chi connectivity index (χ0v) is 12.8. The highest BCUT2D eigenvalue weighted by Gasteiger charge is 2.07. The number of carbonyl (C=O) groups is 1. The number of carbonyl (C=O) groups excluding carboxylic acids is 1. The Labute approximate surface area is 128 Å². The summed E-state index contributed by atoms with van der Waals surface area (Å²) in [5, 5.41) is 12.3. The predicted molar refractivity (Wildman–Crippen MR) is 83.3 cm³/mol. The van der Waals surface area contributed by atoms with Crippen molar-refractivity contribution in [3.63, 3.8) is 0 Å². The van der Waals surface area contributed by atoms with Crippen molar-refractivity contribution in [1.29, 1.82) is 5.26 Å². The number of anilines is 1. The van der Waals surface area contributed by atoms with Crippen molar-refractivity contribution in [3.8, 4) is 6.07 Å². The number of benzene rings is 1. The highest BCUT2D eigenvalue weighted by molar-refractivity contribution is 7.12. The summed E-state index contributed by atoms with van der Waals surface area (Å²) in [6, 6.07) is 11.7. The minimum atomic E-state index is -0.228. The molecule has 0 aliphatic rings. The van der Waals surface area contributed by atoms with E-state index < -0.39 is 0 Å². The van der Waals surface area contributed by atoms with Gasteiger partial charge in [0, 0.05) is 22.0 Å². The van der Waals surface area contributed by atoms with Crippen molar-refractivity contribution >= 4 is 23.0 Å². The number of nitrogens with one attached hydrogen (secondary N) is 1. The van der Waals surface area contributed by atoms with Crippen LogP contribution in [0.4, 0.5) is 5.69 Å². The standard InChI is InChI=1S/C16H16N2O2S/c1-11-3-4-12(9-17)7-15(11)18-10-14-6-5-13(21-14)8-16(19)20-2/h3-7,18H,8,10H2,1-2H3. The number of methoxy groups -OCH3 is 1. The zero-order chi connectivity index (χ0) is 15.2. The molecule has 2 rings (SSSR count). The third-order valence-corrected chi connectivity index (χ3v) is 4.17. The van der Waals surface area contributed by atoms with Gasteiger partial charge in [-0.3, -0.25) is 4.79 Å². The average molecular weight is 300 g/mol. The van der Waals surface area contributed by atoms with Gasteiger partial charge in [0.2, 0.25) is 0 Å². The number of ether oxygens (including phenoxy) is 1. The molecular weight excluding hydrogens is 284 g/mol. The summed E-state index contributed by atoms with van der Waals surface area (Å²) in [6.45, 7) is 2.67. The Kier molecular flexibility index (Phi) is 4.96. The van der Waals surface area contributed by atoms with E-state index in [-0.39, 0.29) is 5.97 Å². The Morgan fingerprint density at radius 1 is 1.33 bits per heavy atom. The Morgan fingerprint density at radius 2 is 2.10 bits per heavy atom. The van der Waals surface area contributed by atoms with E-state index in [4.69, 9.17) is 5.26 Å². The topological polar surface area (TPSA) is 62.1 Å². The van der Waals surface area contributed by atoms with Crippen LogP contribution in [-0.2, 0) is 22.5 Å². The molecule has 0 radical (unpaired) electrons. The van der Waals surface area contributed by atoms with Gasteiger partial charge in [-0.2, -0.15) is 5.26 Å². The summed E-state index contributed by atoms with van der Waals surface area (Å²) >= 11 is 1.58. The summed E-state index contributed by atoms with van der Waals surface area (Å²) in [5.74, 6) is -0.228. The molecule has 0 unspecified atom stereocenters. The van der Waals surface area contributed by atoms with Gasteiger partial charge in [-0.25, -0.2) is 0 Å². The number of aryl methyl sites for hydroxylation is 1. The second-order valence-electron chi connectivity index (χ2n) is 4.62. The SMILES string of the molecule is COC(=O)Cc1ccc(CNc2cc(C#N)ccc2C)s1. The molecule has 0 aliphatic carbocycles. The van der Waals surface area contributed by atoms with Crippen LogP contribution in [-0.4, -0.2) is 13.1 Å². The molecule has 0 fully saturated rings. The maximum atomic E-state index is 11.2. The molecule has 1 aromatic heterocycles. The van der Waals surface area contributed by atoms with E-state index >= 15 is 0 Å². The minimum Gasteiger partial charge on any atom is -0.469 e. The van der Waals surface area contributed by atoms with Crippen LogP contribution in [0.15, 0.2) is 30.3 Å². The lowest BCUT2D eigenvalue weighted by Crippen LogP contribution is -2.02. The molecule has 2 aromatic rings. The zero-order valence-electron chi connectivity index (χ0n) is 12.0. The predicted octanol–water partition coefficient (Wildman–Crippen LogP) is 3.26. The second kappa shape index (κ2) is 6.91. The number of nitriles is 1. The van der Waals surface area contributed by atoms with Crippen molar-refractivity contribution in [2.24, 2.45) is 0 Å². The highest BCUT2D eigenvalue weighted by atomic mass is 32.1. The van der Waals surface area contributed by atoms with Gasteiger partial charge in [-0.15, -0.1) is 11.3 Å². The highest BCUT2D eigenvalue weighted by Crippen LogP contribution is 2.21. The Balaban J connectivity index is 2.00. The maximum absolute atomic E-state index is 11.2. The molecule has 1 aromatic carbocycles. The van der Waals surface area contributed by atoms with Gasteiger partial charge in [0.1, 0.15) is 0 Å². The van der Waals surface area contributed by atoms with E-state index in [0.717, 1.165) is 21.0 Å². The molecule has 0 atom stereocenters. The normalized spacial score (nSPS) is 9.95. The molecule has 0 saturated heterocycles. The first-order chi connectivity index (χ1) is 10.1. The van der Waals surface area contributed by atoms with Crippen molar-refractivity contribution in [3.05, 3.63) is 51.2 Å². The van der Waals surface area contributed by atoms with E-state index in [9.17, 15) is 4.79 Å². The largest absolute Gasteiger partial charge is 0.469 e. The monoisotopic (exact) mass is 300 g/mol. The van der Waals surface area contributed by atoms with Crippen molar-refractivity contribution in [2.45, 2.75) is 19.9 Å². The van der Waals surface area contributed by atoms with Crippen molar-refractivity contribution < 1.29 is 9.53 Å². The molecule has 5 heteroatoms. The smallest absolute Gasteiger partial charge is 0.310 e. The molecule has 108 valence electrons. The molecule has 0 amide bonds. The third-order valence-electron chi connectivity index (χ3n) is 3.08. The van der Waals surface area contributed by atoms with Crippen LogP contribution in [0.5, 0.6) is 0 Å². The minimum absolute atomic E-state index is 0.228. The van der Waals surface area contributed by atoms with E-state index in [0.29, 0.717) is 18.5 Å². The van der Waals surface area contributed by atoms with Crippen LogP contribution >= 0.6 is 11.3 Å². The van der Waals surface area contributed by atoms with Crippen LogP contribution in [0, 0.1) is 18.3 Å². The number of hydrogen-bond acceptors (Lipinski definition) is 5. The molecule has 1 N–H and O–H groups in total. The fourth-order valence-electron chi connectivity index (χ4n) is 1.89. The molecule has 4 nitrogen and oxygen atoms in total. The van der Waals surface area contributed by atoms with Gasteiger partial charge in [-0.05, 0) is 36.8 Å². The first-order valence-corrected chi connectivity index (χ1v) is 7.33. The van der Waals surface area contributed by atoms with Gasteiger partial charge in [0.05, 0.1) is 25.2 Å². The third kappa shape index (κ3) is 4.07. The lowest BCUT2D eigenvalue weighted by atomic mass is 10.1. The first-order valence-electron chi connectivity index (χ1n) is 6.51. The molecular formula is C16H16N2O2S. The lowest BCUT2D eigenvalue weighted by molar-refractivity contribution is -0.139. The Hall–Kier alpha value is -2.32. The van der Waals surface area contributed by atoms with E-state index in [1.807, 2.05) is 31.2 Å². The molecule has 0 spiro atoms. The number of nitrogens with zero attached hydrogens (tertiary/aromatic N) is 1. The maximum Gasteiger partial charge on any atom is 0.310 e. The molecule has 0 bridgehead atoms. The quantitative estimate of drug-likeness (QED) is 0.861. The van der Waals surface area contributed by atoms with Crippen molar-refractivity contribution in [1.82, 2.24) is 0 Å². The number of hydrogen-bond donors (Lipinski definition) is 1. The van der Waals surface area contributed by atoms with Crippen LogP contribution < -0.4 is 5.32 Å². The van der Waals surface area contributed by atoms with Crippen LogP contribution in [0.2, 0.25) is 0 Å². The lowest BCUT2D eigenvalue weighted by Gasteiger charge is -2.08. The fourth-order valence-corrected chi connectivity index (χ4v) is 2.83. The summed E-state index contributed by atoms with van der Waals surface area (Å²) in [7, 11) is 1.39. The van der Waals surface area contributed by atoms with Gasteiger partial charge >= 0.3 is 5.97 Å². The van der Waals surface area contributed by atoms with Crippen LogP contribution in [0.1, 0.15) is 20.9 Å². The molecule has 0 aliphatic heterocycles. The molecule has 21 heavy (non-hydrogen) atoms. The van der Waals surface area contributed by atoms with Crippen LogP contribution in [0.25, 0.3) is 0 Å². The van der Waals surface area contributed by atoms with Gasteiger partial charge in [0.25, 0.3) is 0 Å². The van der Waals surface area contributed by atoms with E-state index in [2.05, 4.69) is 16.1 Å². The summed E-state index contributed by atoms with van der Waals surface area (Å²) in [4.78, 5) is 13.3. The van der Waals surface area contributed by atoms with Gasteiger partial charge < -0.3 is 10.1 Å². The van der Waals surface area contributed by atoms with E-state index in [1.54, 1.807) is 17.4 Å². The summed E-state index contributed by atoms with van der Waals surface area (Å²) < 4.78 is 4.66. The molecule has 1 heterocycles. The van der Waals surface area contributed by atoms with Crippen LogP contribution in [0.3, 0.4) is 0 Å². The fraction of sp³-hybridized carbons (Fsp3) is 0.250. The average Bonchev–Trinajstić information content (AvgIpc) is 2.93. The van der Waals surface area contributed by atoms with Crippen molar-refractivity contribution in [2.75, 3.05) is 12.4 Å². The first kappa shape index (κ1) is 15.1. The van der Waals surface area contributed by atoms with Gasteiger partial charge in [-0.1, -0.05) is 6.07 Å². The van der Waals surface area contributed by atoms with E-state index in [1.165, 1.54) is 7.11 Å². The molecule has 0 saturated carbocycles. The Morgan fingerprint density at radius 3 is 2.81 bits per heavy atom. The number of rotatable bonds is 5. The number of thiophene rings is 1. The van der Waals surface area contributed by atoms with Gasteiger partial charge in [0.15, 0.2) is 0 Å². The number of esters is 1. The second-order valence-corrected chi connectivity index (χ2v) is 5.87. The summed E-state index contributed by atoms with van der Waals surface area (Å²) in [5.41, 5.74) is 2.69. The summed E-state index contributed by atoms with van der Waals surface area (Å²) in [6.07, 6.45) is 0.310. The Bertz CT molecular complexity index is 686.